The summed E-state index contributed by atoms with van der Waals surface area (Å²) < 4.78 is -1.04. The van der Waals surface area contributed by atoms with Crippen LogP contribution in [0, 0.1) is 3.57 Å². The lowest BCUT2D eigenvalue weighted by molar-refractivity contribution is 0.0696. The average molecular weight is 573 g/mol. The number of carboxylic acid groups (broad SMARTS) is 1. The maximum absolute atomic E-state index is 12.5. The van der Waals surface area contributed by atoms with Gasteiger partial charge in [-0.05, 0) is 71.2 Å². The van der Waals surface area contributed by atoms with Gasteiger partial charge >= 0.3 is 5.97 Å². The summed E-state index contributed by atoms with van der Waals surface area (Å²) in [7, 11) is 0. The van der Waals surface area contributed by atoms with Crippen LogP contribution in [-0.4, -0.2) is 32.1 Å². The van der Waals surface area contributed by atoms with Crippen molar-refractivity contribution in [1.82, 2.24) is 10.6 Å². The first-order valence-electron chi connectivity index (χ1n) is 7.60. The number of thiocarbonyl (C=S) groups is 1. The van der Waals surface area contributed by atoms with E-state index in [4.69, 9.17) is 52.1 Å². The molecule has 2 aromatic carbocycles. The molecule has 0 saturated heterocycles. The number of alkyl halides is 3. The first-order valence-corrected chi connectivity index (χ1v) is 10.2. The number of rotatable bonds is 5. The maximum atomic E-state index is 12.5. The molecule has 0 bridgehead atoms. The molecule has 4 N–H and O–H groups in total. The average Bonchev–Trinajstić information content (AvgIpc) is 2.60. The van der Waals surface area contributed by atoms with E-state index in [2.05, 4.69) is 38.5 Å². The zero-order valence-electron chi connectivity index (χ0n) is 13.9. The molecule has 1 unspecified atom stereocenters. The van der Waals surface area contributed by atoms with E-state index < -0.39 is 21.8 Å². The molecule has 148 valence electrons. The highest BCUT2D eigenvalue weighted by Crippen LogP contribution is 2.29. The standard InChI is InChI=1S/C17H13Cl3IN3O3S/c18-17(19,20)15(23-13(25)9-3-1-5-11(21)7-9)24-16(28)22-12-6-2-4-10(8-12)14(26)27/h1-8,15H,(H,23,25)(H,26,27)(H2,22,24,28). The molecule has 2 rings (SSSR count). The number of amides is 1. The zero-order valence-corrected chi connectivity index (χ0v) is 19.1. The number of halogens is 4. The third kappa shape index (κ3) is 6.93. The van der Waals surface area contributed by atoms with E-state index in [1.807, 2.05) is 6.07 Å². The zero-order chi connectivity index (χ0) is 20.9. The van der Waals surface area contributed by atoms with Crippen LogP contribution < -0.4 is 16.0 Å². The minimum absolute atomic E-state index is 0.0295. The van der Waals surface area contributed by atoms with Crippen LogP contribution >= 0.6 is 69.6 Å². The lowest BCUT2D eigenvalue weighted by Crippen LogP contribution is -2.56. The van der Waals surface area contributed by atoms with Gasteiger partial charge in [-0.1, -0.05) is 46.9 Å². The Bertz CT molecular complexity index is 908. The van der Waals surface area contributed by atoms with Crippen LogP contribution in [-0.2, 0) is 0 Å². The molecule has 0 heterocycles. The summed E-state index contributed by atoms with van der Waals surface area (Å²) in [4.78, 5) is 23.5. The molecule has 2 aromatic rings. The SMILES string of the molecule is O=C(O)c1cccc(NC(=S)NC(NC(=O)c2cccc(I)c2)C(Cl)(Cl)Cl)c1. The van der Waals surface area contributed by atoms with Crippen molar-refractivity contribution in [3.8, 4) is 0 Å². The molecule has 0 radical (unpaired) electrons. The fraction of sp³-hybridized carbons (Fsp3) is 0.118. The van der Waals surface area contributed by atoms with Crippen molar-refractivity contribution < 1.29 is 14.7 Å². The van der Waals surface area contributed by atoms with Crippen molar-refractivity contribution in [2.24, 2.45) is 0 Å². The van der Waals surface area contributed by atoms with Gasteiger partial charge < -0.3 is 21.1 Å². The number of hydrogen-bond acceptors (Lipinski definition) is 3. The van der Waals surface area contributed by atoms with Crippen molar-refractivity contribution in [1.29, 1.82) is 0 Å². The maximum Gasteiger partial charge on any atom is 0.335 e. The van der Waals surface area contributed by atoms with E-state index >= 15 is 0 Å². The largest absolute Gasteiger partial charge is 0.478 e. The third-order valence-electron chi connectivity index (χ3n) is 3.33. The van der Waals surface area contributed by atoms with Gasteiger partial charge in [-0.2, -0.15) is 0 Å². The van der Waals surface area contributed by atoms with Crippen LogP contribution in [0.4, 0.5) is 5.69 Å². The van der Waals surface area contributed by atoms with E-state index in [1.165, 1.54) is 12.1 Å². The lowest BCUT2D eigenvalue weighted by Gasteiger charge is -2.27. The molecule has 0 aliphatic heterocycles. The summed E-state index contributed by atoms with van der Waals surface area (Å²) in [6, 6.07) is 12.9. The Hall–Kier alpha value is -1.33. The Morgan fingerprint density at radius 1 is 1.04 bits per heavy atom. The number of carboxylic acids is 1. The first-order chi connectivity index (χ1) is 13.1. The Kier molecular flexibility index (Phi) is 8.14. The van der Waals surface area contributed by atoms with Gasteiger partial charge in [0.15, 0.2) is 5.11 Å². The Morgan fingerprint density at radius 3 is 2.29 bits per heavy atom. The molecule has 0 fully saturated rings. The summed E-state index contributed by atoms with van der Waals surface area (Å²) in [5.41, 5.74) is 0.892. The summed E-state index contributed by atoms with van der Waals surface area (Å²) >= 11 is 25.2. The van der Waals surface area contributed by atoms with Gasteiger partial charge in [0.25, 0.3) is 5.91 Å². The predicted molar refractivity (Wildman–Crippen MR) is 123 cm³/mol. The van der Waals surface area contributed by atoms with Gasteiger partial charge in [0.1, 0.15) is 6.17 Å². The molecule has 0 aliphatic carbocycles. The van der Waals surface area contributed by atoms with E-state index in [9.17, 15) is 9.59 Å². The van der Waals surface area contributed by atoms with Gasteiger partial charge in [-0.3, -0.25) is 4.79 Å². The minimum atomic E-state index is -1.91. The number of carbonyl (C=O) groups excluding carboxylic acids is 1. The molecule has 1 amide bonds. The van der Waals surface area contributed by atoms with Crippen LogP contribution in [0.25, 0.3) is 0 Å². The Morgan fingerprint density at radius 2 is 1.68 bits per heavy atom. The van der Waals surface area contributed by atoms with Crippen molar-refractivity contribution in [2.45, 2.75) is 9.96 Å². The lowest BCUT2D eigenvalue weighted by atomic mass is 10.2. The number of hydrogen-bond donors (Lipinski definition) is 4. The molecular formula is C17H13Cl3IN3O3S. The Balaban J connectivity index is 2.09. The van der Waals surface area contributed by atoms with E-state index in [0.29, 0.717) is 11.3 Å². The minimum Gasteiger partial charge on any atom is -0.478 e. The second-order valence-corrected chi connectivity index (χ2v) is 9.47. The molecule has 11 heteroatoms. The van der Waals surface area contributed by atoms with Crippen molar-refractivity contribution in [3.05, 3.63) is 63.2 Å². The Labute approximate surface area is 195 Å². The molecule has 0 aliphatic rings. The summed E-state index contributed by atoms with van der Waals surface area (Å²) in [6.07, 6.45) is -1.15. The van der Waals surface area contributed by atoms with Gasteiger partial charge in [0.2, 0.25) is 3.79 Å². The highest BCUT2D eigenvalue weighted by Gasteiger charge is 2.35. The van der Waals surface area contributed by atoms with E-state index in [0.717, 1.165) is 3.57 Å². The molecule has 28 heavy (non-hydrogen) atoms. The normalized spacial score (nSPS) is 12.0. The predicted octanol–water partition coefficient (Wildman–Crippen LogP) is 4.40. The van der Waals surface area contributed by atoms with Gasteiger partial charge in [-0.15, -0.1) is 0 Å². The van der Waals surface area contributed by atoms with E-state index in [1.54, 1.807) is 30.3 Å². The van der Waals surface area contributed by atoms with Crippen LogP contribution in [0.3, 0.4) is 0 Å². The highest BCUT2D eigenvalue weighted by atomic mass is 127. The fourth-order valence-corrected chi connectivity index (χ4v) is 3.18. The molecular weight excluding hydrogens is 560 g/mol. The summed E-state index contributed by atoms with van der Waals surface area (Å²) in [6.45, 7) is 0. The van der Waals surface area contributed by atoms with Crippen molar-refractivity contribution in [2.75, 3.05) is 5.32 Å². The van der Waals surface area contributed by atoms with Crippen LogP contribution in [0.5, 0.6) is 0 Å². The number of benzene rings is 2. The smallest absolute Gasteiger partial charge is 0.335 e. The number of carbonyl (C=O) groups is 2. The highest BCUT2D eigenvalue weighted by molar-refractivity contribution is 14.1. The second kappa shape index (κ2) is 9.93. The number of nitrogens with one attached hydrogen (secondary N) is 3. The molecule has 0 spiro atoms. The molecule has 1 atom stereocenters. The monoisotopic (exact) mass is 571 g/mol. The summed E-state index contributed by atoms with van der Waals surface area (Å²) in [5, 5.41) is 17.2. The molecule has 0 aromatic heterocycles. The van der Waals surface area contributed by atoms with Crippen LogP contribution in [0.15, 0.2) is 48.5 Å². The quantitative estimate of drug-likeness (QED) is 0.184. The number of aromatic carboxylic acids is 1. The van der Waals surface area contributed by atoms with Crippen molar-refractivity contribution >= 4 is 92.3 Å². The van der Waals surface area contributed by atoms with Crippen molar-refractivity contribution in [3.63, 3.8) is 0 Å². The second-order valence-electron chi connectivity index (χ2n) is 5.44. The third-order valence-corrected chi connectivity index (χ3v) is 4.88. The molecule has 6 nitrogen and oxygen atoms in total. The van der Waals surface area contributed by atoms with Crippen LogP contribution in [0.1, 0.15) is 20.7 Å². The first kappa shape index (κ1) is 23.0. The topological polar surface area (TPSA) is 90.5 Å². The van der Waals surface area contributed by atoms with Gasteiger partial charge in [0.05, 0.1) is 5.56 Å². The summed E-state index contributed by atoms with van der Waals surface area (Å²) in [5.74, 6) is -1.54. The van der Waals surface area contributed by atoms with Gasteiger partial charge in [0, 0.05) is 14.8 Å². The van der Waals surface area contributed by atoms with Gasteiger partial charge in [-0.25, -0.2) is 4.79 Å². The van der Waals surface area contributed by atoms with E-state index in [-0.39, 0.29) is 10.7 Å². The number of anilines is 1. The fourth-order valence-electron chi connectivity index (χ4n) is 2.07. The van der Waals surface area contributed by atoms with Crippen LogP contribution in [0.2, 0.25) is 0 Å². The molecule has 0 saturated carbocycles.